The van der Waals surface area contributed by atoms with Gasteiger partial charge in [-0.1, -0.05) is 30.3 Å². The van der Waals surface area contributed by atoms with Crippen molar-refractivity contribution in [2.24, 2.45) is 5.92 Å². The first-order valence-corrected chi connectivity index (χ1v) is 10.4. The summed E-state index contributed by atoms with van der Waals surface area (Å²) in [5.41, 5.74) is 2.71. The molecule has 0 bridgehead atoms. The Bertz CT molecular complexity index is 1050. The quantitative estimate of drug-likeness (QED) is 0.610. The molecule has 6 heteroatoms. The summed E-state index contributed by atoms with van der Waals surface area (Å²) < 4.78 is 13.2. The van der Waals surface area contributed by atoms with Crippen LogP contribution in [0, 0.1) is 11.7 Å². The number of anilines is 3. The van der Waals surface area contributed by atoms with Gasteiger partial charge in [0.2, 0.25) is 5.91 Å². The highest BCUT2D eigenvalue weighted by Crippen LogP contribution is 2.25. The van der Waals surface area contributed by atoms with Crippen LogP contribution in [0.25, 0.3) is 0 Å². The molecule has 2 amide bonds. The number of likely N-dealkylation sites (tertiary alicyclic amines) is 1. The van der Waals surface area contributed by atoms with Gasteiger partial charge >= 0.3 is 0 Å². The number of nitrogens with zero attached hydrogens (tertiary/aromatic N) is 1. The van der Waals surface area contributed by atoms with Gasteiger partial charge in [0.25, 0.3) is 5.91 Å². The topological polar surface area (TPSA) is 61.4 Å². The van der Waals surface area contributed by atoms with Gasteiger partial charge in [0, 0.05) is 30.4 Å². The van der Waals surface area contributed by atoms with Crippen molar-refractivity contribution in [3.05, 3.63) is 90.2 Å². The van der Waals surface area contributed by atoms with Gasteiger partial charge in [0.1, 0.15) is 5.82 Å². The molecule has 0 spiro atoms. The molecule has 1 heterocycles. The molecule has 2 N–H and O–H groups in total. The molecule has 0 radical (unpaired) electrons. The summed E-state index contributed by atoms with van der Waals surface area (Å²) in [4.78, 5) is 27.5. The molecule has 4 rings (SSSR count). The van der Waals surface area contributed by atoms with Gasteiger partial charge in [-0.3, -0.25) is 9.59 Å². The molecule has 1 aliphatic heterocycles. The average molecular weight is 417 g/mol. The molecule has 1 fully saturated rings. The van der Waals surface area contributed by atoms with Gasteiger partial charge in [0.15, 0.2) is 0 Å². The molecular weight excluding hydrogens is 393 g/mol. The summed E-state index contributed by atoms with van der Waals surface area (Å²) in [5, 5.41) is 6.14. The molecule has 0 saturated carbocycles. The van der Waals surface area contributed by atoms with E-state index < -0.39 is 0 Å². The fraction of sp³-hybridized carbons (Fsp3) is 0.200. The first kappa shape index (κ1) is 20.6. The Balaban J connectivity index is 1.38. The molecule has 3 aromatic carbocycles. The lowest BCUT2D eigenvalue weighted by atomic mass is 9.95. The van der Waals surface area contributed by atoms with Gasteiger partial charge in [-0.2, -0.15) is 0 Å². The summed E-state index contributed by atoms with van der Waals surface area (Å²) in [5.74, 6) is -0.505. The normalized spacial score (nSPS) is 14.2. The lowest BCUT2D eigenvalue weighted by Crippen LogP contribution is -2.41. The maximum absolute atomic E-state index is 13.2. The third-order valence-corrected chi connectivity index (χ3v) is 5.47. The van der Waals surface area contributed by atoms with E-state index in [9.17, 15) is 14.0 Å². The van der Waals surface area contributed by atoms with E-state index in [0.29, 0.717) is 42.9 Å². The van der Waals surface area contributed by atoms with Gasteiger partial charge < -0.3 is 15.5 Å². The number of hydrogen-bond acceptors (Lipinski definition) is 3. The summed E-state index contributed by atoms with van der Waals surface area (Å²) in [6.45, 7) is 1.05. The van der Waals surface area contributed by atoms with E-state index >= 15 is 0 Å². The number of carbonyl (C=O) groups excluding carboxylic acids is 2. The predicted molar refractivity (Wildman–Crippen MR) is 120 cm³/mol. The number of amides is 2. The van der Waals surface area contributed by atoms with Gasteiger partial charge in [-0.25, -0.2) is 4.39 Å². The number of nitrogens with one attached hydrogen (secondary N) is 2. The van der Waals surface area contributed by atoms with Crippen molar-refractivity contribution in [2.75, 3.05) is 23.7 Å². The number of hydrogen-bond donors (Lipinski definition) is 2. The van der Waals surface area contributed by atoms with Crippen LogP contribution in [0.2, 0.25) is 0 Å². The minimum absolute atomic E-state index is 0.00308. The third kappa shape index (κ3) is 5.09. The monoisotopic (exact) mass is 417 g/mol. The third-order valence-electron chi connectivity index (χ3n) is 5.47. The molecule has 5 nitrogen and oxygen atoms in total. The second-order valence-electron chi connectivity index (χ2n) is 7.60. The van der Waals surface area contributed by atoms with Crippen molar-refractivity contribution in [2.45, 2.75) is 12.8 Å². The second-order valence-corrected chi connectivity index (χ2v) is 7.60. The van der Waals surface area contributed by atoms with Crippen molar-refractivity contribution in [3.63, 3.8) is 0 Å². The summed E-state index contributed by atoms with van der Waals surface area (Å²) in [6, 6.07) is 22.7. The zero-order valence-corrected chi connectivity index (χ0v) is 17.1. The summed E-state index contributed by atoms with van der Waals surface area (Å²) >= 11 is 0. The Morgan fingerprint density at radius 3 is 2.16 bits per heavy atom. The molecule has 0 aliphatic carbocycles. The van der Waals surface area contributed by atoms with E-state index in [4.69, 9.17) is 0 Å². The van der Waals surface area contributed by atoms with Crippen molar-refractivity contribution >= 4 is 28.9 Å². The fourth-order valence-electron chi connectivity index (χ4n) is 3.75. The first-order chi connectivity index (χ1) is 15.1. The smallest absolute Gasteiger partial charge is 0.255 e. The highest BCUT2D eigenvalue weighted by atomic mass is 19.1. The van der Waals surface area contributed by atoms with Crippen LogP contribution in [0.15, 0.2) is 78.9 Å². The molecule has 3 aromatic rings. The van der Waals surface area contributed by atoms with Crippen molar-refractivity contribution in [1.29, 1.82) is 0 Å². The van der Waals surface area contributed by atoms with Crippen LogP contribution < -0.4 is 10.6 Å². The first-order valence-electron chi connectivity index (χ1n) is 10.4. The number of halogens is 1. The van der Waals surface area contributed by atoms with Gasteiger partial charge in [-0.05, 0) is 61.4 Å². The maximum atomic E-state index is 13.2. The van der Waals surface area contributed by atoms with Crippen molar-refractivity contribution < 1.29 is 14.0 Å². The average Bonchev–Trinajstić information content (AvgIpc) is 2.81. The number of piperidine rings is 1. The molecular formula is C25H24FN3O2. The van der Waals surface area contributed by atoms with E-state index in [2.05, 4.69) is 10.6 Å². The Hall–Kier alpha value is -3.67. The maximum Gasteiger partial charge on any atom is 0.255 e. The lowest BCUT2D eigenvalue weighted by Gasteiger charge is -2.32. The number of carbonyl (C=O) groups is 2. The van der Waals surface area contributed by atoms with E-state index in [1.807, 2.05) is 48.5 Å². The van der Waals surface area contributed by atoms with Crippen LogP contribution in [-0.2, 0) is 4.79 Å². The zero-order chi connectivity index (χ0) is 21.6. The highest BCUT2D eigenvalue weighted by molar-refractivity contribution is 6.00. The van der Waals surface area contributed by atoms with Gasteiger partial charge in [-0.15, -0.1) is 0 Å². The predicted octanol–water partition coefficient (Wildman–Crippen LogP) is 5.06. The molecule has 0 atom stereocenters. The molecule has 158 valence electrons. The number of para-hydroxylation sites is 2. The summed E-state index contributed by atoms with van der Waals surface area (Å²) in [7, 11) is 0. The Labute approximate surface area is 180 Å². The van der Waals surface area contributed by atoms with Crippen LogP contribution >= 0.6 is 0 Å². The fourth-order valence-corrected chi connectivity index (χ4v) is 3.75. The molecule has 0 unspecified atom stereocenters. The van der Waals surface area contributed by atoms with Crippen molar-refractivity contribution in [1.82, 2.24) is 4.90 Å². The van der Waals surface area contributed by atoms with Crippen LogP contribution in [0.3, 0.4) is 0 Å². The van der Waals surface area contributed by atoms with Crippen LogP contribution in [0.1, 0.15) is 23.2 Å². The van der Waals surface area contributed by atoms with E-state index in [-0.39, 0.29) is 23.5 Å². The largest absolute Gasteiger partial charge is 0.355 e. The standard InChI is InChI=1S/C25H24FN3O2/c26-19-10-12-21(13-11-19)27-23-9-5-4-8-22(23)25(31)29-16-14-18(15-17-29)24(30)28-20-6-2-1-3-7-20/h1-13,18,27H,14-17H2,(H,28,30). The molecule has 0 aromatic heterocycles. The molecule has 31 heavy (non-hydrogen) atoms. The Morgan fingerprint density at radius 2 is 1.45 bits per heavy atom. The minimum Gasteiger partial charge on any atom is -0.355 e. The van der Waals surface area contributed by atoms with Gasteiger partial charge in [0.05, 0.1) is 11.3 Å². The molecule has 1 saturated heterocycles. The lowest BCUT2D eigenvalue weighted by molar-refractivity contribution is -0.121. The van der Waals surface area contributed by atoms with E-state index in [1.165, 1.54) is 12.1 Å². The van der Waals surface area contributed by atoms with E-state index in [0.717, 1.165) is 5.69 Å². The zero-order valence-electron chi connectivity index (χ0n) is 17.1. The molecule has 1 aliphatic rings. The second kappa shape index (κ2) is 9.43. The highest BCUT2D eigenvalue weighted by Gasteiger charge is 2.28. The van der Waals surface area contributed by atoms with Crippen LogP contribution in [0.5, 0.6) is 0 Å². The Morgan fingerprint density at radius 1 is 0.806 bits per heavy atom. The Kier molecular flexibility index (Phi) is 6.26. The van der Waals surface area contributed by atoms with Crippen LogP contribution in [0.4, 0.5) is 21.5 Å². The number of benzene rings is 3. The summed E-state index contributed by atoms with van der Waals surface area (Å²) in [6.07, 6.45) is 1.25. The van der Waals surface area contributed by atoms with E-state index in [1.54, 1.807) is 23.1 Å². The van der Waals surface area contributed by atoms with Crippen LogP contribution in [-0.4, -0.2) is 29.8 Å². The van der Waals surface area contributed by atoms with Crippen molar-refractivity contribution in [3.8, 4) is 0 Å². The SMILES string of the molecule is O=C(Nc1ccccc1)C1CCN(C(=O)c2ccccc2Nc2ccc(F)cc2)CC1. The minimum atomic E-state index is -0.311. The number of rotatable bonds is 5.